The van der Waals surface area contributed by atoms with Crippen molar-refractivity contribution < 1.29 is 28.4 Å². The summed E-state index contributed by atoms with van der Waals surface area (Å²) in [6.07, 6.45) is 1.19. The van der Waals surface area contributed by atoms with E-state index in [1.165, 1.54) is 51.2 Å². The second-order valence-corrected chi connectivity index (χ2v) is 9.54. The number of aryl methyl sites for hydroxylation is 6. The van der Waals surface area contributed by atoms with Crippen molar-refractivity contribution in [1.29, 1.82) is 0 Å². The van der Waals surface area contributed by atoms with Crippen molar-refractivity contribution in [2.24, 2.45) is 0 Å². The zero-order valence-corrected chi connectivity index (χ0v) is 26.6. The number of nitrogens with zero attached hydrogens (tertiary/aromatic N) is 4. The van der Waals surface area contributed by atoms with Gasteiger partial charge in [0.15, 0.2) is 0 Å². The zero-order valence-electron chi connectivity index (χ0n) is 21.6. The molecule has 2 heterocycles. The number of anilines is 2. The van der Waals surface area contributed by atoms with E-state index in [1.54, 1.807) is 0 Å². The van der Waals surface area contributed by atoms with Crippen molar-refractivity contribution in [3.8, 4) is 0 Å². The Hall–Kier alpha value is -0.0410. The monoisotopic (exact) mass is 702 g/mol. The molecule has 0 saturated carbocycles. The minimum atomic E-state index is 1.08. The van der Waals surface area contributed by atoms with Crippen LogP contribution in [-0.4, -0.2) is 49.1 Å². The third-order valence-electron chi connectivity index (χ3n) is 6.60. The van der Waals surface area contributed by atoms with Crippen LogP contribution in [0.3, 0.4) is 0 Å². The van der Waals surface area contributed by atoms with Gasteiger partial charge in [-0.3, -0.25) is 0 Å². The molecule has 0 amide bonds. The standard InChI is InChI=1S/C27H38N4.2BrH.2Cu/c1-20-14-22(3)26(23(4)15-20)30-12-10-28(18-30)8-7-9-29-11-13-31(19-29)27-24(5)16-21(2)17-25(27)6;;;;/h14-19H,7-13H2,1-6H3;2*1H;;/q-2;;;2*+2/p-2. The van der Waals surface area contributed by atoms with E-state index in [-0.39, 0.29) is 0 Å². The van der Waals surface area contributed by atoms with Crippen molar-refractivity contribution in [2.75, 3.05) is 49.1 Å². The van der Waals surface area contributed by atoms with Crippen molar-refractivity contribution >= 4 is 39.6 Å². The average molecular weight is 706 g/mol. The van der Waals surface area contributed by atoms with Gasteiger partial charge in [-0.1, -0.05) is 35.4 Å². The molecule has 0 spiro atoms. The van der Waals surface area contributed by atoms with Gasteiger partial charge in [-0.2, -0.15) is 13.3 Å². The maximum absolute atomic E-state index is 4.00. The van der Waals surface area contributed by atoms with Gasteiger partial charge in [0.05, 0.1) is 0 Å². The summed E-state index contributed by atoms with van der Waals surface area (Å²) in [5.74, 6) is 0. The number of benzene rings is 2. The molecular formula is C27H38Br2Cu2N4. The molecule has 0 aromatic heterocycles. The fourth-order valence-corrected chi connectivity index (χ4v) is 5.50. The summed E-state index contributed by atoms with van der Waals surface area (Å²) in [7, 11) is 0. The van der Waals surface area contributed by atoms with Crippen LogP contribution in [0.15, 0.2) is 24.3 Å². The third kappa shape index (κ3) is 8.48. The summed E-state index contributed by atoms with van der Waals surface area (Å²) < 4.78 is 0. The first-order chi connectivity index (χ1) is 16.8. The molecule has 2 aromatic rings. The van der Waals surface area contributed by atoms with Gasteiger partial charge >= 0.3 is 56.6 Å². The summed E-state index contributed by atoms with van der Waals surface area (Å²) in [4.78, 5) is 9.86. The summed E-state index contributed by atoms with van der Waals surface area (Å²) in [6.45, 7) is 24.6. The van der Waals surface area contributed by atoms with E-state index in [0.717, 1.165) is 39.3 Å². The van der Waals surface area contributed by atoms with Gasteiger partial charge in [0.25, 0.3) is 0 Å². The maximum atomic E-state index is 4.00. The molecule has 0 atom stereocenters. The van der Waals surface area contributed by atoms with E-state index in [2.05, 4.69) is 155 Å². The Morgan fingerprint density at radius 2 is 0.914 bits per heavy atom. The first-order valence-electron chi connectivity index (χ1n) is 11.9. The third-order valence-corrected chi connectivity index (χ3v) is 6.60. The molecule has 0 aliphatic carbocycles. The van der Waals surface area contributed by atoms with E-state index in [1.807, 2.05) is 0 Å². The molecule has 2 fully saturated rings. The second kappa shape index (κ2) is 15.4. The number of halogens is 2. The summed E-state index contributed by atoms with van der Waals surface area (Å²) in [6, 6.07) is 9.19. The Labute approximate surface area is 244 Å². The van der Waals surface area contributed by atoms with Crippen LogP contribution in [0.1, 0.15) is 39.8 Å². The van der Waals surface area contributed by atoms with Crippen LogP contribution >= 0.6 is 28.2 Å². The average Bonchev–Trinajstić information content (AvgIpc) is 3.45. The van der Waals surface area contributed by atoms with Gasteiger partial charge in [-0.15, -0.1) is 0 Å². The van der Waals surface area contributed by atoms with Gasteiger partial charge in [0, 0.05) is 24.5 Å². The molecule has 0 radical (unpaired) electrons. The summed E-state index contributed by atoms with van der Waals surface area (Å²) in [5, 5.41) is 0. The van der Waals surface area contributed by atoms with Gasteiger partial charge in [-0.25, -0.2) is 0 Å². The quantitative estimate of drug-likeness (QED) is 0.243. The predicted molar refractivity (Wildman–Crippen MR) is 150 cm³/mol. The van der Waals surface area contributed by atoms with Crippen LogP contribution in [0.4, 0.5) is 11.4 Å². The van der Waals surface area contributed by atoms with Gasteiger partial charge in [-0.05, 0) is 96.4 Å². The predicted octanol–water partition coefficient (Wildman–Crippen LogP) is 6.80. The van der Waals surface area contributed by atoms with Crippen LogP contribution in [0.5, 0.6) is 0 Å². The molecule has 8 heteroatoms. The molecule has 202 valence electrons. The molecule has 0 N–H and O–H groups in total. The number of hydrogen-bond acceptors (Lipinski definition) is 4. The summed E-state index contributed by atoms with van der Waals surface area (Å²) >= 11 is 13.0. The van der Waals surface area contributed by atoms with Crippen molar-refractivity contribution in [3.63, 3.8) is 0 Å². The Morgan fingerprint density at radius 3 is 1.23 bits per heavy atom. The molecule has 2 aliphatic rings. The molecule has 2 aromatic carbocycles. The molecule has 2 aliphatic heterocycles. The second-order valence-electron chi connectivity index (χ2n) is 9.54. The Balaban J connectivity index is 0.00000103. The molecular weight excluding hydrogens is 667 g/mol. The van der Waals surface area contributed by atoms with Crippen LogP contribution in [0, 0.1) is 54.9 Å². The Kier molecular flexibility index (Phi) is 13.7. The molecule has 2 saturated heterocycles. The van der Waals surface area contributed by atoms with Crippen LogP contribution in [-0.2, 0) is 28.4 Å². The van der Waals surface area contributed by atoms with Crippen LogP contribution < -0.4 is 9.80 Å². The molecule has 4 nitrogen and oxygen atoms in total. The van der Waals surface area contributed by atoms with Crippen molar-refractivity contribution in [2.45, 2.75) is 48.0 Å². The van der Waals surface area contributed by atoms with Crippen LogP contribution in [0.25, 0.3) is 0 Å². The van der Waals surface area contributed by atoms with E-state index < -0.39 is 0 Å². The SMILES string of the molecule is Cc1cc(C)c(N2[CH-]N(CCCN3[CH-]N(c4c(C)cc(C)cc4C)CC3)CC2)c(C)c1.[Cu+][Br].[Cu+][Br]. The van der Waals surface area contributed by atoms with Gasteiger partial charge < -0.3 is 19.6 Å². The topological polar surface area (TPSA) is 13.0 Å². The van der Waals surface area contributed by atoms with Gasteiger partial charge in [0.1, 0.15) is 0 Å². The first-order valence-corrected chi connectivity index (χ1v) is 16.6. The van der Waals surface area contributed by atoms with E-state index in [9.17, 15) is 0 Å². The first kappa shape index (κ1) is 31.2. The van der Waals surface area contributed by atoms with Crippen molar-refractivity contribution in [1.82, 2.24) is 9.80 Å². The number of rotatable bonds is 6. The Morgan fingerprint density at radius 1 is 0.600 bits per heavy atom. The molecule has 35 heavy (non-hydrogen) atoms. The van der Waals surface area contributed by atoms with Gasteiger partial charge in [0.2, 0.25) is 0 Å². The van der Waals surface area contributed by atoms with E-state index >= 15 is 0 Å². The molecule has 4 rings (SSSR count). The van der Waals surface area contributed by atoms with E-state index in [4.69, 9.17) is 0 Å². The van der Waals surface area contributed by atoms with Crippen molar-refractivity contribution in [3.05, 3.63) is 71.0 Å². The fraction of sp³-hybridized carbons (Fsp3) is 0.481. The zero-order chi connectivity index (χ0) is 26.1. The minimum absolute atomic E-state index is 1.08. The fourth-order valence-electron chi connectivity index (χ4n) is 5.50. The normalized spacial score (nSPS) is 16.2. The molecule has 0 bridgehead atoms. The molecule has 0 unspecified atom stereocenters. The van der Waals surface area contributed by atoms with Crippen LogP contribution in [0.2, 0.25) is 0 Å². The van der Waals surface area contributed by atoms with E-state index in [0.29, 0.717) is 0 Å². The summed E-state index contributed by atoms with van der Waals surface area (Å²) in [5.41, 5.74) is 11.0. The Bertz CT molecular complexity index is 835. The number of hydrogen-bond donors (Lipinski definition) is 0.